The third-order valence-corrected chi connectivity index (χ3v) is 2.91. The lowest BCUT2D eigenvalue weighted by Crippen LogP contribution is -2.14. The number of nitrogens with one attached hydrogen (secondary N) is 1. The van der Waals surface area contributed by atoms with E-state index in [0.29, 0.717) is 12.2 Å². The Morgan fingerprint density at radius 1 is 1.16 bits per heavy atom. The fourth-order valence-electron chi connectivity index (χ4n) is 1.70. The van der Waals surface area contributed by atoms with Crippen molar-refractivity contribution >= 4 is 11.6 Å². The monoisotopic (exact) mass is 255 g/mol. The van der Waals surface area contributed by atoms with Gasteiger partial charge in [-0.05, 0) is 35.7 Å². The summed E-state index contributed by atoms with van der Waals surface area (Å²) in [6.45, 7) is 2.52. The van der Waals surface area contributed by atoms with E-state index < -0.39 is 0 Å². The maximum absolute atomic E-state index is 12.0. The molecule has 0 saturated heterocycles. The maximum atomic E-state index is 12.0. The fourth-order valence-corrected chi connectivity index (χ4v) is 1.70. The summed E-state index contributed by atoms with van der Waals surface area (Å²) in [7, 11) is 0. The minimum absolute atomic E-state index is 0.215. The van der Waals surface area contributed by atoms with Crippen LogP contribution in [0.5, 0.6) is 0 Å². The van der Waals surface area contributed by atoms with E-state index in [1.165, 1.54) is 5.56 Å². The van der Waals surface area contributed by atoms with Crippen LogP contribution in [0, 0.1) is 0 Å². The molecule has 3 N–H and O–H groups in total. The van der Waals surface area contributed by atoms with E-state index in [1.807, 2.05) is 30.3 Å². The van der Waals surface area contributed by atoms with Crippen molar-refractivity contribution in [1.82, 2.24) is 4.98 Å². The molecule has 1 aromatic carbocycles. The van der Waals surface area contributed by atoms with Gasteiger partial charge in [-0.25, -0.2) is 0 Å². The predicted octanol–water partition coefficient (Wildman–Crippen LogP) is 2.36. The third kappa shape index (κ3) is 3.39. The third-order valence-electron chi connectivity index (χ3n) is 2.91. The smallest absolute Gasteiger partial charge is 0.274 e. The van der Waals surface area contributed by atoms with Crippen LogP contribution in [0.3, 0.4) is 0 Å². The molecule has 4 heteroatoms. The highest BCUT2D eigenvalue weighted by Crippen LogP contribution is 2.11. The first-order valence-corrected chi connectivity index (χ1v) is 6.28. The summed E-state index contributed by atoms with van der Waals surface area (Å²) in [6, 6.07) is 11.3. The number of hydrogen-bond acceptors (Lipinski definition) is 3. The lowest BCUT2D eigenvalue weighted by atomic mass is 10.1. The number of aryl methyl sites for hydroxylation is 1. The van der Waals surface area contributed by atoms with E-state index in [2.05, 4.69) is 17.2 Å². The van der Waals surface area contributed by atoms with Crippen LogP contribution in [0.2, 0.25) is 0 Å². The van der Waals surface area contributed by atoms with Gasteiger partial charge in [0.05, 0.1) is 0 Å². The largest absolute Gasteiger partial charge is 0.326 e. The molecule has 4 nitrogen and oxygen atoms in total. The Morgan fingerprint density at radius 2 is 1.84 bits per heavy atom. The van der Waals surface area contributed by atoms with Gasteiger partial charge >= 0.3 is 0 Å². The summed E-state index contributed by atoms with van der Waals surface area (Å²) in [4.78, 5) is 16.1. The second-order valence-corrected chi connectivity index (χ2v) is 4.26. The topological polar surface area (TPSA) is 68.0 Å². The first-order chi connectivity index (χ1) is 9.22. The van der Waals surface area contributed by atoms with Crippen LogP contribution in [0.4, 0.5) is 5.69 Å². The summed E-state index contributed by atoms with van der Waals surface area (Å²) in [5.41, 5.74) is 8.79. The number of anilines is 1. The number of nitrogens with zero attached hydrogens (tertiary/aromatic N) is 1. The molecule has 0 atom stereocenters. The number of pyridine rings is 1. The van der Waals surface area contributed by atoms with E-state index in [0.717, 1.165) is 17.7 Å². The number of benzene rings is 1. The molecule has 0 spiro atoms. The number of carbonyl (C=O) groups excluding carboxylic acids is 1. The average molecular weight is 255 g/mol. The van der Waals surface area contributed by atoms with E-state index in [4.69, 9.17) is 5.73 Å². The minimum atomic E-state index is -0.215. The molecule has 0 radical (unpaired) electrons. The van der Waals surface area contributed by atoms with Crippen LogP contribution in [-0.4, -0.2) is 10.9 Å². The first kappa shape index (κ1) is 13.2. The molecule has 1 amide bonds. The summed E-state index contributed by atoms with van der Waals surface area (Å²) in [5.74, 6) is -0.215. The Hall–Kier alpha value is -2.20. The molecule has 0 bridgehead atoms. The Bertz CT molecular complexity index is 547. The van der Waals surface area contributed by atoms with Crippen LogP contribution < -0.4 is 11.1 Å². The quantitative estimate of drug-likeness (QED) is 0.881. The molecule has 19 heavy (non-hydrogen) atoms. The van der Waals surface area contributed by atoms with Gasteiger partial charge in [0, 0.05) is 18.4 Å². The Balaban J connectivity index is 2.06. The van der Waals surface area contributed by atoms with Crippen molar-refractivity contribution in [3.05, 3.63) is 59.4 Å². The number of nitrogens with two attached hydrogens (primary N) is 1. The number of carbonyl (C=O) groups is 1. The lowest BCUT2D eigenvalue weighted by molar-refractivity contribution is 0.102. The SMILES string of the molecule is CCc1ccc(NC(=O)c2ccc(CN)cn2)cc1. The van der Waals surface area contributed by atoms with Crippen LogP contribution in [0.15, 0.2) is 42.6 Å². The second kappa shape index (κ2) is 6.11. The second-order valence-electron chi connectivity index (χ2n) is 4.26. The lowest BCUT2D eigenvalue weighted by Gasteiger charge is -2.06. The normalized spacial score (nSPS) is 10.2. The summed E-state index contributed by atoms with van der Waals surface area (Å²) in [6.07, 6.45) is 2.60. The van der Waals surface area contributed by atoms with Gasteiger partial charge in [0.1, 0.15) is 5.69 Å². The molecule has 0 aliphatic carbocycles. The molecule has 0 fully saturated rings. The van der Waals surface area contributed by atoms with Gasteiger partial charge in [-0.3, -0.25) is 9.78 Å². The van der Waals surface area contributed by atoms with Crippen molar-refractivity contribution in [3.8, 4) is 0 Å². The van der Waals surface area contributed by atoms with Gasteiger partial charge in [-0.15, -0.1) is 0 Å². The van der Waals surface area contributed by atoms with Crippen molar-refractivity contribution in [2.45, 2.75) is 19.9 Å². The highest BCUT2D eigenvalue weighted by molar-refractivity contribution is 6.02. The van der Waals surface area contributed by atoms with Gasteiger partial charge in [-0.1, -0.05) is 25.1 Å². The highest BCUT2D eigenvalue weighted by atomic mass is 16.1. The standard InChI is InChI=1S/C15H17N3O/c1-2-11-3-6-13(7-4-11)18-15(19)14-8-5-12(9-16)10-17-14/h3-8,10H,2,9,16H2,1H3,(H,18,19). The van der Waals surface area contributed by atoms with Crippen molar-refractivity contribution in [1.29, 1.82) is 0 Å². The number of hydrogen-bond donors (Lipinski definition) is 2. The van der Waals surface area contributed by atoms with E-state index >= 15 is 0 Å². The van der Waals surface area contributed by atoms with Crippen molar-refractivity contribution in [2.75, 3.05) is 5.32 Å². The van der Waals surface area contributed by atoms with E-state index in [1.54, 1.807) is 12.3 Å². The molecular weight excluding hydrogens is 238 g/mol. The summed E-state index contributed by atoms with van der Waals surface area (Å²) >= 11 is 0. The van der Waals surface area contributed by atoms with Crippen molar-refractivity contribution in [3.63, 3.8) is 0 Å². The summed E-state index contributed by atoms with van der Waals surface area (Å²) < 4.78 is 0. The molecule has 0 unspecified atom stereocenters. The maximum Gasteiger partial charge on any atom is 0.274 e. The highest BCUT2D eigenvalue weighted by Gasteiger charge is 2.07. The molecular formula is C15H17N3O. The van der Waals surface area contributed by atoms with E-state index in [9.17, 15) is 4.79 Å². The van der Waals surface area contributed by atoms with Crippen LogP contribution in [0.1, 0.15) is 28.5 Å². The van der Waals surface area contributed by atoms with Gasteiger partial charge in [0.15, 0.2) is 0 Å². The van der Waals surface area contributed by atoms with Crippen molar-refractivity contribution in [2.24, 2.45) is 5.73 Å². The molecule has 0 aliphatic heterocycles. The van der Waals surface area contributed by atoms with Crippen molar-refractivity contribution < 1.29 is 4.79 Å². The Labute approximate surface area is 112 Å². The molecule has 2 rings (SSSR count). The number of aromatic nitrogens is 1. The Morgan fingerprint density at radius 3 is 2.37 bits per heavy atom. The minimum Gasteiger partial charge on any atom is -0.326 e. The molecule has 98 valence electrons. The van der Waals surface area contributed by atoms with Crippen LogP contribution in [-0.2, 0) is 13.0 Å². The molecule has 0 aliphatic rings. The van der Waals surface area contributed by atoms with Gasteiger partial charge in [0.2, 0.25) is 0 Å². The predicted molar refractivity (Wildman–Crippen MR) is 75.9 cm³/mol. The van der Waals surface area contributed by atoms with E-state index in [-0.39, 0.29) is 5.91 Å². The molecule has 1 aromatic heterocycles. The average Bonchev–Trinajstić information content (AvgIpc) is 2.48. The zero-order valence-corrected chi connectivity index (χ0v) is 10.9. The number of rotatable bonds is 4. The molecule has 0 saturated carbocycles. The van der Waals surface area contributed by atoms with Gasteiger partial charge in [-0.2, -0.15) is 0 Å². The summed E-state index contributed by atoms with van der Waals surface area (Å²) in [5, 5.41) is 2.81. The van der Waals surface area contributed by atoms with Crippen LogP contribution >= 0.6 is 0 Å². The fraction of sp³-hybridized carbons (Fsp3) is 0.200. The van der Waals surface area contributed by atoms with Gasteiger partial charge < -0.3 is 11.1 Å². The molecule has 1 heterocycles. The molecule has 2 aromatic rings. The van der Waals surface area contributed by atoms with Crippen LogP contribution in [0.25, 0.3) is 0 Å². The Kier molecular flexibility index (Phi) is 4.26. The van der Waals surface area contributed by atoms with Gasteiger partial charge in [0.25, 0.3) is 5.91 Å². The zero-order valence-electron chi connectivity index (χ0n) is 10.9. The first-order valence-electron chi connectivity index (χ1n) is 6.28. The zero-order chi connectivity index (χ0) is 13.7. The number of amides is 1.